The Balaban J connectivity index is 2.04. The summed E-state index contributed by atoms with van der Waals surface area (Å²) in [6, 6.07) is 13.2. The molecule has 0 saturated carbocycles. The topological polar surface area (TPSA) is 57.9 Å². The fourth-order valence-corrected chi connectivity index (χ4v) is 4.35. The Labute approximate surface area is 149 Å². The van der Waals surface area contributed by atoms with Crippen molar-refractivity contribution in [1.82, 2.24) is 0 Å². The van der Waals surface area contributed by atoms with E-state index in [1.54, 1.807) is 26.5 Å². The van der Waals surface area contributed by atoms with Crippen LogP contribution in [0.4, 0.5) is 17.3 Å². The minimum atomic E-state index is -1.29. The molecule has 1 aromatic heterocycles. The third kappa shape index (κ3) is 2.37. The molecule has 1 aliphatic heterocycles. The van der Waals surface area contributed by atoms with Crippen molar-refractivity contribution in [3.63, 3.8) is 0 Å². The van der Waals surface area contributed by atoms with Crippen LogP contribution in [0.15, 0.2) is 62.9 Å². The summed E-state index contributed by atoms with van der Waals surface area (Å²) >= 11 is -1.29. The van der Waals surface area contributed by atoms with Gasteiger partial charge in [-0.2, -0.15) is 0 Å². The molecule has 128 valence electrons. The second kappa shape index (κ2) is 6.06. The average Bonchev–Trinajstić information content (AvgIpc) is 3.12. The van der Waals surface area contributed by atoms with Crippen molar-refractivity contribution in [2.45, 2.75) is 16.7 Å². The number of hydrogen-bond donors (Lipinski definition) is 0. The number of furan rings is 1. The lowest BCUT2D eigenvalue weighted by atomic mass is 10.1. The van der Waals surface area contributed by atoms with Crippen LogP contribution >= 0.6 is 0 Å². The number of nitrogens with zero attached hydrogens (tertiary/aromatic N) is 1. The smallest absolute Gasteiger partial charge is 0.261 e. The van der Waals surface area contributed by atoms with Gasteiger partial charge in [0.1, 0.15) is 22.9 Å². The highest BCUT2D eigenvalue weighted by Crippen LogP contribution is 2.53. The first-order chi connectivity index (χ1) is 12.2. The maximum atomic E-state index is 12.9. The number of aryl methyl sites for hydroxylation is 1. The van der Waals surface area contributed by atoms with Gasteiger partial charge in [0.2, 0.25) is 4.90 Å². The van der Waals surface area contributed by atoms with Crippen LogP contribution in [0.3, 0.4) is 0 Å². The minimum Gasteiger partial charge on any atom is -0.606 e. The summed E-state index contributed by atoms with van der Waals surface area (Å²) in [7, 11) is 3.24. The molecule has 0 N–H and O–H groups in total. The molecule has 1 unspecified atom stereocenters. The van der Waals surface area contributed by atoms with E-state index in [2.05, 4.69) is 0 Å². The van der Waals surface area contributed by atoms with Crippen molar-refractivity contribution in [2.75, 3.05) is 19.1 Å². The van der Waals surface area contributed by atoms with E-state index in [1.165, 1.54) is 0 Å². The lowest BCUT2D eigenvalue weighted by molar-refractivity contribution is 0.395. The van der Waals surface area contributed by atoms with Crippen LogP contribution in [-0.2, 0) is 11.2 Å². The molecule has 2 heterocycles. The molecule has 4 rings (SSSR count). The number of ether oxygens (including phenoxy) is 2. The van der Waals surface area contributed by atoms with Gasteiger partial charge >= 0.3 is 0 Å². The predicted octanol–water partition coefficient (Wildman–Crippen LogP) is 4.56. The van der Waals surface area contributed by atoms with Gasteiger partial charge in [-0.15, -0.1) is 0 Å². The van der Waals surface area contributed by atoms with E-state index in [-0.39, 0.29) is 0 Å². The van der Waals surface area contributed by atoms with Crippen LogP contribution in [0.2, 0.25) is 0 Å². The summed E-state index contributed by atoms with van der Waals surface area (Å²) in [4.78, 5) is 3.26. The van der Waals surface area contributed by atoms with Gasteiger partial charge in [0.05, 0.1) is 20.5 Å². The predicted molar refractivity (Wildman–Crippen MR) is 95.9 cm³/mol. The molecule has 0 amide bonds. The van der Waals surface area contributed by atoms with Crippen molar-refractivity contribution in [1.29, 1.82) is 0 Å². The third-order valence-corrected chi connectivity index (χ3v) is 5.62. The maximum Gasteiger partial charge on any atom is 0.261 e. The van der Waals surface area contributed by atoms with E-state index in [1.807, 2.05) is 48.2 Å². The van der Waals surface area contributed by atoms with Crippen LogP contribution in [0.1, 0.15) is 5.56 Å². The molecule has 1 aliphatic rings. The number of rotatable bonds is 3. The summed E-state index contributed by atoms with van der Waals surface area (Å²) in [6.07, 6.45) is 1.55. The molecule has 2 aromatic carbocycles. The molecule has 3 aromatic rings. The van der Waals surface area contributed by atoms with Gasteiger partial charge in [0, 0.05) is 17.2 Å². The Morgan fingerprint density at radius 2 is 1.68 bits per heavy atom. The van der Waals surface area contributed by atoms with Gasteiger partial charge in [-0.3, -0.25) is 4.90 Å². The Morgan fingerprint density at radius 3 is 2.36 bits per heavy atom. The first-order valence-corrected chi connectivity index (χ1v) is 8.91. The second-order valence-electron chi connectivity index (χ2n) is 5.68. The van der Waals surface area contributed by atoms with Crippen LogP contribution < -0.4 is 14.4 Å². The summed E-state index contributed by atoms with van der Waals surface area (Å²) < 4.78 is 29.8. The number of fused-ring (bicyclic) bond motifs is 2. The summed E-state index contributed by atoms with van der Waals surface area (Å²) in [5.41, 5.74) is 2.52. The van der Waals surface area contributed by atoms with Gasteiger partial charge in [-0.05, 0) is 36.8 Å². The van der Waals surface area contributed by atoms with Crippen molar-refractivity contribution >= 4 is 28.4 Å². The molecule has 5 nitrogen and oxygen atoms in total. The van der Waals surface area contributed by atoms with E-state index in [0.717, 1.165) is 21.8 Å². The summed E-state index contributed by atoms with van der Waals surface area (Å²) in [5.74, 6) is 1.82. The number of anilines is 3. The van der Waals surface area contributed by atoms with E-state index in [0.29, 0.717) is 22.3 Å². The van der Waals surface area contributed by atoms with Crippen LogP contribution in [0.25, 0.3) is 0 Å². The molecule has 0 spiro atoms. The number of methoxy groups -OCH3 is 2. The normalized spacial score (nSPS) is 15.5. The zero-order chi connectivity index (χ0) is 17.6. The van der Waals surface area contributed by atoms with Crippen LogP contribution in [0.5, 0.6) is 11.5 Å². The molecule has 6 heteroatoms. The standard InChI is InChI=1S/C19H17NO4S/c1-12-10-14(22-2)18(15(11-12)23-3)20-13-6-4-5-7-16(13)25(21)17-8-9-24-19(17)20/h4-11H,1-3H3. The number of benzene rings is 2. The maximum absolute atomic E-state index is 12.9. The zero-order valence-corrected chi connectivity index (χ0v) is 14.9. The average molecular weight is 355 g/mol. The fourth-order valence-electron chi connectivity index (χ4n) is 3.09. The molecule has 1 atom stereocenters. The molecular weight excluding hydrogens is 338 g/mol. The van der Waals surface area contributed by atoms with Gasteiger partial charge in [0.15, 0.2) is 4.90 Å². The quantitative estimate of drug-likeness (QED) is 0.645. The van der Waals surface area contributed by atoms with Gasteiger partial charge in [-0.25, -0.2) is 0 Å². The molecule has 0 aliphatic carbocycles. The summed E-state index contributed by atoms with van der Waals surface area (Å²) in [5, 5.41) is 0. The largest absolute Gasteiger partial charge is 0.606 e. The van der Waals surface area contributed by atoms with Crippen molar-refractivity contribution in [3.8, 4) is 11.5 Å². The first kappa shape index (κ1) is 15.9. The van der Waals surface area contributed by atoms with E-state index in [4.69, 9.17) is 13.9 Å². The molecule has 25 heavy (non-hydrogen) atoms. The van der Waals surface area contributed by atoms with E-state index in [9.17, 15) is 4.55 Å². The monoisotopic (exact) mass is 355 g/mol. The Kier molecular flexibility index (Phi) is 3.86. The number of para-hydroxylation sites is 1. The minimum absolute atomic E-state index is 0.512. The van der Waals surface area contributed by atoms with Gasteiger partial charge in [0.25, 0.3) is 5.88 Å². The third-order valence-electron chi connectivity index (χ3n) is 4.17. The van der Waals surface area contributed by atoms with Crippen molar-refractivity contribution in [3.05, 3.63) is 54.3 Å². The van der Waals surface area contributed by atoms with E-state index < -0.39 is 11.2 Å². The molecule has 0 saturated heterocycles. The van der Waals surface area contributed by atoms with Crippen LogP contribution in [0, 0.1) is 6.92 Å². The highest BCUT2D eigenvalue weighted by Gasteiger charge is 2.39. The van der Waals surface area contributed by atoms with Gasteiger partial charge < -0.3 is 18.4 Å². The SMILES string of the molecule is COc1cc(C)cc(OC)c1N1c2ccccc2[S+]([O-])c2ccoc21. The van der Waals surface area contributed by atoms with Gasteiger partial charge in [-0.1, -0.05) is 12.1 Å². The fraction of sp³-hybridized carbons (Fsp3) is 0.158. The highest BCUT2D eigenvalue weighted by molar-refractivity contribution is 7.92. The molecule has 0 fully saturated rings. The highest BCUT2D eigenvalue weighted by atomic mass is 32.2. The zero-order valence-electron chi connectivity index (χ0n) is 14.1. The first-order valence-electron chi connectivity index (χ1n) is 7.76. The lowest BCUT2D eigenvalue weighted by Crippen LogP contribution is -2.21. The Hall–Kier alpha value is -2.57. The Bertz CT molecular complexity index is 912. The lowest BCUT2D eigenvalue weighted by Gasteiger charge is -2.31. The van der Waals surface area contributed by atoms with Crippen molar-refractivity contribution < 1.29 is 18.4 Å². The van der Waals surface area contributed by atoms with Crippen molar-refractivity contribution in [2.24, 2.45) is 0 Å². The number of hydrogen-bond acceptors (Lipinski definition) is 5. The van der Waals surface area contributed by atoms with Crippen LogP contribution in [-0.4, -0.2) is 18.8 Å². The molecular formula is C19H17NO4S. The van der Waals surface area contributed by atoms with E-state index >= 15 is 0 Å². The summed E-state index contributed by atoms with van der Waals surface area (Å²) in [6.45, 7) is 1.98. The second-order valence-corrected chi connectivity index (χ2v) is 7.10. The Morgan fingerprint density at radius 1 is 1.00 bits per heavy atom. The molecule has 0 radical (unpaired) electrons. The molecule has 0 bridgehead atoms.